The number of hydrogen-bond donors (Lipinski definition) is 0. The van der Waals surface area contributed by atoms with Crippen LogP contribution in [0, 0.1) is 0 Å². The van der Waals surface area contributed by atoms with E-state index in [0.717, 1.165) is 16.7 Å². The molecular weight excluding hydrogens is 521 g/mol. The molecule has 4 aromatic rings. The van der Waals surface area contributed by atoms with Gasteiger partial charge in [-0.15, -0.1) is 0 Å². The highest BCUT2D eigenvalue weighted by Crippen LogP contribution is 2.30. The molecule has 4 rings (SSSR count). The first-order valence-corrected chi connectivity index (χ1v) is 13.0. The second kappa shape index (κ2) is 13.8. The fourth-order valence-corrected chi connectivity index (χ4v) is 4.42. The molecule has 0 unspecified atom stereocenters. The van der Waals surface area contributed by atoms with Gasteiger partial charge in [0, 0.05) is 23.1 Å². The standard InChI is InChI=1S/C31H29Cl2NO4/c1-36-29-15-12-24(18-30(29)38-21-23-8-4-2-5-9-23)20-34(17-16-25-13-14-26(32)19-28(25)33)31(35)22-37-27-10-6-3-7-11-27/h2-15,18-19H,16-17,20-22H2,1H3. The third kappa shape index (κ3) is 7.91. The summed E-state index contributed by atoms with van der Waals surface area (Å²) in [6, 6.07) is 30.3. The van der Waals surface area contributed by atoms with Crippen LogP contribution >= 0.6 is 23.2 Å². The molecule has 0 heterocycles. The molecule has 196 valence electrons. The highest BCUT2D eigenvalue weighted by molar-refractivity contribution is 6.35. The summed E-state index contributed by atoms with van der Waals surface area (Å²) in [4.78, 5) is 15.1. The van der Waals surface area contributed by atoms with Crippen LogP contribution in [0.3, 0.4) is 0 Å². The second-order valence-corrected chi connectivity index (χ2v) is 9.51. The first-order chi connectivity index (χ1) is 18.5. The van der Waals surface area contributed by atoms with Crippen molar-refractivity contribution in [3.8, 4) is 17.2 Å². The summed E-state index contributed by atoms with van der Waals surface area (Å²) in [5.41, 5.74) is 2.87. The Labute approximate surface area is 233 Å². The summed E-state index contributed by atoms with van der Waals surface area (Å²) in [7, 11) is 1.61. The number of carbonyl (C=O) groups excluding carboxylic acids is 1. The van der Waals surface area contributed by atoms with Gasteiger partial charge in [0.25, 0.3) is 5.91 Å². The lowest BCUT2D eigenvalue weighted by Crippen LogP contribution is -2.36. The molecular formula is C31H29Cl2NO4. The van der Waals surface area contributed by atoms with Crippen molar-refractivity contribution in [2.75, 3.05) is 20.3 Å². The van der Waals surface area contributed by atoms with Crippen LogP contribution in [0.25, 0.3) is 0 Å². The molecule has 0 N–H and O–H groups in total. The van der Waals surface area contributed by atoms with Gasteiger partial charge in [0.15, 0.2) is 18.1 Å². The maximum absolute atomic E-state index is 13.3. The highest BCUT2D eigenvalue weighted by atomic mass is 35.5. The Morgan fingerprint density at radius 3 is 2.24 bits per heavy atom. The summed E-state index contributed by atoms with van der Waals surface area (Å²) >= 11 is 12.4. The van der Waals surface area contributed by atoms with E-state index in [1.165, 1.54) is 0 Å². The zero-order valence-electron chi connectivity index (χ0n) is 21.1. The maximum atomic E-state index is 13.3. The fraction of sp³-hybridized carbons (Fsp3) is 0.194. The summed E-state index contributed by atoms with van der Waals surface area (Å²) in [6.07, 6.45) is 0.570. The largest absolute Gasteiger partial charge is 0.493 e. The Morgan fingerprint density at radius 2 is 1.53 bits per heavy atom. The Kier molecular flexibility index (Phi) is 9.90. The van der Waals surface area contributed by atoms with Crippen molar-refractivity contribution >= 4 is 29.1 Å². The molecule has 0 atom stereocenters. The average molecular weight is 550 g/mol. The molecule has 1 amide bonds. The van der Waals surface area contributed by atoms with Gasteiger partial charge in [-0.05, 0) is 59.5 Å². The molecule has 0 bridgehead atoms. The quantitative estimate of drug-likeness (QED) is 0.187. The number of ether oxygens (including phenoxy) is 3. The van der Waals surface area contributed by atoms with Gasteiger partial charge >= 0.3 is 0 Å². The van der Waals surface area contributed by atoms with Crippen molar-refractivity contribution in [3.05, 3.63) is 124 Å². The van der Waals surface area contributed by atoms with Crippen molar-refractivity contribution in [2.24, 2.45) is 0 Å². The van der Waals surface area contributed by atoms with Crippen LogP contribution in [0.5, 0.6) is 17.2 Å². The number of benzene rings is 4. The predicted octanol–water partition coefficient (Wildman–Crippen LogP) is 7.23. The van der Waals surface area contributed by atoms with Crippen molar-refractivity contribution in [3.63, 3.8) is 0 Å². The van der Waals surface area contributed by atoms with E-state index in [1.54, 1.807) is 24.1 Å². The smallest absolute Gasteiger partial charge is 0.260 e. The van der Waals surface area contributed by atoms with E-state index in [1.807, 2.05) is 84.9 Å². The Bertz CT molecular complexity index is 1330. The molecule has 0 fully saturated rings. The number of methoxy groups -OCH3 is 1. The van der Waals surface area contributed by atoms with Crippen molar-refractivity contribution < 1.29 is 19.0 Å². The van der Waals surface area contributed by atoms with Gasteiger partial charge in [0.05, 0.1) is 7.11 Å². The van der Waals surface area contributed by atoms with Crippen LogP contribution in [-0.4, -0.2) is 31.1 Å². The summed E-state index contributed by atoms with van der Waals surface area (Å²) in [5.74, 6) is 1.74. The van der Waals surface area contributed by atoms with Crippen molar-refractivity contribution in [1.82, 2.24) is 4.90 Å². The zero-order chi connectivity index (χ0) is 26.7. The number of para-hydroxylation sites is 1. The monoisotopic (exact) mass is 549 g/mol. The van der Waals surface area contributed by atoms with E-state index in [0.29, 0.717) is 53.4 Å². The van der Waals surface area contributed by atoms with Gasteiger partial charge in [-0.1, -0.05) is 83.9 Å². The zero-order valence-corrected chi connectivity index (χ0v) is 22.6. The van der Waals surface area contributed by atoms with Crippen LogP contribution in [0.15, 0.2) is 97.1 Å². The van der Waals surface area contributed by atoms with Crippen molar-refractivity contribution in [1.29, 1.82) is 0 Å². The molecule has 0 aliphatic heterocycles. The minimum atomic E-state index is -0.137. The average Bonchev–Trinajstić information content (AvgIpc) is 2.94. The minimum Gasteiger partial charge on any atom is -0.493 e. The lowest BCUT2D eigenvalue weighted by Gasteiger charge is -2.24. The van der Waals surface area contributed by atoms with E-state index in [4.69, 9.17) is 37.4 Å². The molecule has 0 aliphatic rings. The molecule has 4 aromatic carbocycles. The van der Waals surface area contributed by atoms with Crippen LogP contribution in [0.4, 0.5) is 0 Å². The molecule has 0 aromatic heterocycles. The number of nitrogens with zero attached hydrogens (tertiary/aromatic N) is 1. The molecule has 7 heteroatoms. The van der Waals surface area contributed by atoms with Crippen LogP contribution < -0.4 is 14.2 Å². The van der Waals surface area contributed by atoms with E-state index >= 15 is 0 Å². The summed E-state index contributed by atoms with van der Waals surface area (Å²) in [6.45, 7) is 1.15. The molecule has 5 nitrogen and oxygen atoms in total. The molecule has 38 heavy (non-hydrogen) atoms. The third-order valence-electron chi connectivity index (χ3n) is 5.96. The first kappa shape index (κ1) is 27.4. The number of halogens is 2. The number of rotatable bonds is 12. The van der Waals surface area contributed by atoms with Gasteiger partial charge in [-0.2, -0.15) is 0 Å². The van der Waals surface area contributed by atoms with Crippen molar-refractivity contribution in [2.45, 2.75) is 19.6 Å². The van der Waals surface area contributed by atoms with Gasteiger partial charge < -0.3 is 19.1 Å². The van der Waals surface area contributed by atoms with Crippen LogP contribution in [0.2, 0.25) is 10.0 Å². The number of carbonyl (C=O) groups is 1. The van der Waals surface area contributed by atoms with Gasteiger partial charge in [-0.25, -0.2) is 0 Å². The fourth-order valence-electron chi connectivity index (χ4n) is 3.91. The minimum absolute atomic E-state index is 0.0775. The van der Waals surface area contributed by atoms with E-state index in [2.05, 4.69) is 0 Å². The Morgan fingerprint density at radius 1 is 0.789 bits per heavy atom. The normalized spacial score (nSPS) is 10.6. The molecule has 0 aliphatic carbocycles. The maximum Gasteiger partial charge on any atom is 0.260 e. The van der Waals surface area contributed by atoms with Gasteiger partial charge in [0.1, 0.15) is 12.4 Å². The second-order valence-electron chi connectivity index (χ2n) is 8.66. The van der Waals surface area contributed by atoms with Crippen LogP contribution in [-0.2, 0) is 24.4 Å². The first-order valence-electron chi connectivity index (χ1n) is 12.2. The predicted molar refractivity (Wildman–Crippen MR) is 151 cm³/mol. The van der Waals surface area contributed by atoms with E-state index in [9.17, 15) is 4.79 Å². The summed E-state index contributed by atoms with van der Waals surface area (Å²) < 4.78 is 17.3. The molecule has 0 saturated carbocycles. The van der Waals surface area contributed by atoms with Gasteiger partial charge in [0.2, 0.25) is 0 Å². The third-order valence-corrected chi connectivity index (χ3v) is 6.55. The Hall–Kier alpha value is -3.67. The Balaban J connectivity index is 1.50. The SMILES string of the molecule is COc1ccc(CN(CCc2ccc(Cl)cc2Cl)C(=O)COc2ccccc2)cc1OCc1ccccc1. The van der Waals surface area contributed by atoms with E-state index in [-0.39, 0.29) is 12.5 Å². The molecule has 0 radical (unpaired) electrons. The lowest BCUT2D eigenvalue weighted by atomic mass is 10.1. The van der Waals surface area contributed by atoms with E-state index < -0.39 is 0 Å². The number of amides is 1. The highest BCUT2D eigenvalue weighted by Gasteiger charge is 2.17. The molecule has 0 saturated heterocycles. The van der Waals surface area contributed by atoms with Crippen LogP contribution in [0.1, 0.15) is 16.7 Å². The topological polar surface area (TPSA) is 48.0 Å². The summed E-state index contributed by atoms with van der Waals surface area (Å²) in [5, 5.41) is 1.15. The lowest BCUT2D eigenvalue weighted by molar-refractivity contribution is -0.134. The number of hydrogen-bond acceptors (Lipinski definition) is 4. The van der Waals surface area contributed by atoms with Gasteiger partial charge in [-0.3, -0.25) is 4.79 Å². The molecule has 0 spiro atoms.